The van der Waals surface area contributed by atoms with Crippen molar-refractivity contribution in [3.05, 3.63) is 42.1 Å². The third-order valence-electron chi connectivity index (χ3n) is 3.62. The second-order valence-corrected chi connectivity index (χ2v) is 5.24. The molecule has 1 aromatic heterocycles. The summed E-state index contributed by atoms with van der Waals surface area (Å²) in [7, 11) is 0. The molecule has 0 radical (unpaired) electrons. The molecule has 104 valence electrons. The Morgan fingerprint density at radius 3 is 2.85 bits per heavy atom. The number of nitrogens with zero attached hydrogens (tertiary/aromatic N) is 1. The lowest BCUT2D eigenvalue weighted by atomic mass is 10.1. The minimum atomic E-state index is -0.157. The van der Waals surface area contributed by atoms with Gasteiger partial charge in [-0.1, -0.05) is 30.3 Å². The highest BCUT2D eigenvalue weighted by Crippen LogP contribution is 2.31. The summed E-state index contributed by atoms with van der Waals surface area (Å²) in [5.74, 6) is 0.424. The maximum absolute atomic E-state index is 12.0. The predicted octanol–water partition coefficient (Wildman–Crippen LogP) is 1.54. The number of aromatic amines is 1. The Bertz CT molecular complexity index is 589. The number of aromatic nitrogens is 2. The van der Waals surface area contributed by atoms with E-state index in [1.807, 2.05) is 30.3 Å². The second kappa shape index (κ2) is 5.46. The summed E-state index contributed by atoms with van der Waals surface area (Å²) in [5.41, 5.74) is 8.18. The SMILES string of the molecule is NC(CNC(=O)c1cc(-c2ccccc2)n[nH]1)C1CC1. The molecule has 1 aliphatic rings. The molecule has 0 saturated heterocycles. The van der Waals surface area contributed by atoms with Crippen molar-refractivity contribution in [2.75, 3.05) is 6.54 Å². The van der Waals surface area contributed by atoms with Crippen molar-refractivity contribution in [2.24, 2.45) is 11.7 Å². The Morgan fingerprint density at radius 1 is 1.40 bits per heavy atom. The van der Waals surface area contributed by atoms with Crippen LogP contribution in [0.4, 0.5) is 0 Å². The molecular formula is C15H18N4O. The van der Waals surface area contributed by atoms with Crippen molar-refractivity contribution in [3.8, 4) is 11.3 Å². The number of hydrogen-bond donors (Lipinski definition) is 3. The van der Waals surface area contributed by atoms with Crippen LogP contribution < -0.4 is 11.1 Å². The molecule has 20 heavy (non-hydrogen) atoms. The van der Waals surface area contributed by atoms with Crippen molar-refractivity contribution in [1.82, 2.24) is 15.5 Å². The summed E-state index contributed by atoms with van der Waals surface area (Å²) in [6, 6.07) is 11.6. The highest BCUT2D eigenvalue weighted by atomic mass is 16.1. The van der Waals surface area contributed by atoms with Crippen molar-refractivity contribution in [2.45, 2.75) is 18.9 Å². The maximum atomic E-state index is 12.0. The third-order valence-corrected chi connectivity index (χ3v) is 3.62. The van der Waals surface area contributed by atoms with Gasteiger partial charge in [-0.3, -0.25) is 9.89 Å². The van der Waals surface area contributed by atoms with E-state index in [2.05, 4.69) is 15.5 Å². The fraction of sp³-hybridized carbons (Fsp3) is 0.333. The molecule has 1 heterocycles. The number of hydrogen-bond acceptors (Lipinski definition) is 3. The first-order chi connectivity index (χ1) is 9.74. The molecule has 1 atom stereocenters. The van der Waals surface area contributed by atoms with Gasteiger partial charge in [0.25, 0.3) is 5.91 Å². The summed E-state index contributed by atoms with van der Waals surface area (Å²) in [4.78, 5) is 12.0. The van der Waals surface area contributed by atoms with Gasteiger partial charge in [-0.15, -0.1) is 0 Å². The first-order valence-corrected chi connectivity index (χ1v) is 6.88. The minimum absolute atomic E-state index is 0.0652. The molecular weight excluding hydrogens is 252 g/mol. The maximum Gasteiger partial charge on any atom is 0.269 e. The molecule has 1 saturated carbocycles. The molecule has 0 aliphatic heterocycles. The average Bonchev–Trinajstić information content (AvgIpc) is 3.22. The second-order valence-electron chi connectivity index (χ2n) is 5.24. The van der Waals surface area contributed by atoms with Crippen molar-refractivity contribution < 1.29 is 4.79 Å². The van der Waals surface area contributed by atoms with E-state index in [-0.39, 0.29) is 11.9 Å². The zero-order valence-corrected chi connectivity index (χ0v) is 11.2. The number of rotatable bonds is 5. The van der Waals surface area contributed by atoms with Crippen LogP contribution >= 0.6 is 0 Å². The largest absolute Gasteiger partial charge is 0.349 e. The van der Waals surface area contributed by atoms with Gasteiger partial charge in [0.05, 0.1) is 5.69 Å². The number of carbonyl (C=O) groups excluding carboxylic acids is 1. The zero-order valence-electron chi connectivity index (χ0n) is 11.2. The first-order valence-electron chi connectivity index (χ1n) is 6.88. The van der Waals surface area contributed by atoms with E-state index in [0.29, 0.717) is 18.2 Å². The van der Waals surface area contributed by atoms with Gasteiger partial charge in [-0.25, -0.2) is 0 Å². The van der Waals surface area contributed by atoms with E-state index in [4.69, 9.17) is 5.73 Å². The van der Waals surface area contributed by atoms with Crippen molar-refractivity contribution in [3.63, 3.8) is 0 Å². The molecule has 5 heteroatoms. The topological polar surface area (TPSA) is 83.8 Å². The lowest BCUT2D eigenvalue weighted by Crippen LogP contribution is -2.38. The van der Waals surface area contributed by atoms with Crippen molar-refractivity contribution >= 4 is 5.91 Å². The number of nitrogens with one attached hydrogen (secondary N) is 2. The van der Waals surface area contributed by atoms with Gasteiger partial charge in [0.2, 0.25) is 0 Å². The molecule has 1 aliphatic carbocycles. The van der Waals surface area contributed by atoms with Crippen molar-refractivity contribution in [1.29, 1.82) is 0 Å². The van der Waals surface area contributed by atoms with Crippen LogP contribution in [0.15, 0.2) is 36.4 Å². The van der Waals surface area contributed by atoms with Crippen LogP contribution in [0.5, 0.6) is 0 Å². The van der Waals surface area contributed by atoms with E-state index in [1.165, 1.54) is 12.8 Å². The number of H-pyrrole nitrogens is 1. The molecule has 3 rings (SSSR count). The number of benzene rings is 1. The molecule has 4 N–H and O–H groups in total. The highest BCUT2D eigenvalue weighted by Gasteiger charge is 2.28. The van der Waals surface area contributed by atoms with E-state index in [0.717, 1.165) is 11.3 Å². The predicted molar refractivity (Wildman–Crippen MR) is 77.1 cm³/mol. The highest BCUT2D eigenvalue weighted by molar-refractivity contribution is 5.93. The van der Waals surface area contributed by atoms with Gasteiger partial charge in [0, 0.05) is 18.2 Å². The molecule has 2 aromatic rings. The Morgan fingerprint density at radius 2 is 2.15 bits per heavy atom. The summed E-state index contributed by atoms with van der Waals surface area (Å²) in [6.07, 6.45) is 2.36. The van der Waals surface area contributed by atoms with Crippen LogP contribution in [0.3, 0.4) is 0 Å². The lowest BCUT2D eigenvalue weighted by molar-refractivity contribution is 0.0945. The molecule has 1 amide bonds. The van der Waals surface area contributed by atoms with Gasteiger partial charge in [0.1, 0.15) is 5.69 Å². The van der Waals surface area contributed by atoms with Crippen LogP contribution in [-0.2, 0) is 0 Å². The van der Waals surface area contributed by atoms with E-state index in [1.54, 1.807) is 6.07 Å². The fourth-order valence-corrected chi connectivity index (χ4v) is 2.19. The molecule has 0 spiro atoms. The van der Waals surface area contributed by atoms with Crippen LogP contribution in [0.2, 0.25) is 0 Å². The zero-order chi connectivity index (χ0) is 13.9. The summed E-state index contributed by atoms with van der Waals surface area (Å²) in [6.45, 7) is 0.517. The van der Waals surface area contributed by atoms with Crippen LogP contribution in [-0.4, -0.2) is 28.7 Å². The quantitative estimate of drug-likeness (QED) is 0.770. The van der Waals surface area contributed by atoms with Gasteiger partial charge < -0.3 is 11.1 Å². The van der Waals surface area contributed by atoms with E-state index >= 15 is 0 Å². The Labute approximate surface area is 117 Å². The summed E-state index contributed by atoms with van der Waals surface area (Å²) < 4.78 is 0. The lowest BCUT2D eigenvalue weighted by Gasteiger charge is -2.10. The minimum Gasteiger partial charge on any atom is -0.349 e. The molecule has 5 nitrogen and oxygen atoms in total. The van der Waals surface area contributed by atoms with Gasteiger partial charge in [-0.05, 0) is 24.8 Å². The van der Waals surface area contributed by atoms with Crippen LogP contribution in [0.25, 0.3) is 11.3 Å². The van der Waals surface area contributed by atoms with Crippen LogP contribution in [0, 0.1) is 5.92 Å². The third kappa shape index (κ3) is 2.88. The normalized spacial score (nSPS) is 15.8. The fourth-order valence-electron chi connectivity index (χ4n) is 2.19. The van der Waals surface area contributed by atoms with Crippen LogP contribution in [0.1, 0.15) is 23.3 Å². The molecule has 0 bridgehead atoms. The first kappa shape index (κ1) is 12.9. The Balaban J connectivity index is 1.62. The molecule has 1 unspecified atom stereocenters. The van der Waals surface area contributed by atoms with Gasteiger partial charge in [0.15, 0.2) is 0 Å². The average molecular weight is 270 g/mol. The summed E-state index contributed by atoms with van der Waals surface area (Å²) in [5, 5.41) is 9.78. The summed E-state index contributed by atoms with van der Waals surface area (Å²) >= 11 is 0. The standard InChI is InChI=1S/C15H18N4O/c16-12(10-6-7-10)9-17-15(20)14-8-13(18-19-14)11-4-2-1-3-5-11/h1-5,8,10,12H,6-7,9,16H2,(H,17,20)(H,18,19). The molecule has 1 fully saturated rings. The number of amides is 1. The van der Waals surface area contributed by atoms with Gasteiger partial charge in [-0.2, -0.15) is 5.10 Å². The van der Waals surface area contributed by atoms with E-state index in [9.17, 15) is 4.79 Å². The van der Waals surface area contributed by atoms with E-state index < -0.39 is 0 Å². The Kier molecular flexibility index (Phi) is 3.52. The number of carbonyl (C=O) groups is 1. The smallest absolute Gasteiger partial charge is 0.269 e. The Hall–Kier alpha value is -2.14. The monoisotopic (exact) mass is 270 g/mol. The number of nitrogens with two attached hydrogens (primary N) is 1. The molecule has 1 aromatic carbocycles. The van der Waals surface area contributed by atoms with Gasteiger partial charge >= 0.3 is 0 Å².